The van der Waals surface area contributed by atoms with Crippen LogP contribution >= 0.6 is 12.4 Å². The maximum Gasteiger partial charge on any atom is 0.126 e. The van der Waals surface area contributed by atoms with E-state index in [2.05, 4.69) is 0 Å². The van der Waals surface area contributed by atoms with Crippen LogP contribution in [0.2, 0.25) is 0 Å². The molecule has 1 saturated carbocycles. The zero-order valence-electron chi connectivity index (χ0n) is 9.46. The summed E-state index contributed by atoms with van der Waals surface area (Å²) < 4.78 is 25.9. The van der Waals surface area contributed by atoms with E-state index in [4.69, 9.17) is 5.73 Å². The van der Waals surface area contributed by atoms with E-state index in [1.165, 1.54) is 17.7 Å². The molecule has 1 aromatic carbocycles. The molecule has 17 heavy (non-hydrogen) atoms. The standard InChI is InChI=1S/C13H15F2N.ClH/c14-11-6-10(7-12(15)8-11)5-9-1-3-13(16)4-2-9;/h5-8,13H,1-4,16H2;1H. The van der Waals surface area contributed by atoms with Gasteiger partial charge < -0.3 is 5.73 Å². The zero-order valence-corrected chi connectivity index (χ0v) is 10.3. The van der Waals surface area contributed by atoms with Gasteiger partial charge in [0.25, 0.3) is 0 Å². The van der Waals surface area contributed by atoms with Crippen LogP contribution in [0.1, 0.15) is 31.2 Å². The molecule has 1 aliphatic rings. The molecular formula is C13H16ClF2N. The van der Waals surface area contributed by atoms with Crippen LogP contribution in [0.5, 0.6) is 0 Å². The Morgan fingerprint density at radius 1 is 1.06 bits per heavy atom. The molecule has 0 atom stereocenters. The molecule has 0 saturated heterocycles. The summed E-state index contributed by atoms with van der Waals surface area (Å²) in [6, 6.07) is 3.87. The minimum absolute atomic E-state index is 0. The van der Waals surface area contributed by atoms with Crippen molar-refractivity contribution in [1.82, 2.24) is 0 Å². The number of hydrogen-bond donors (Lipinski definition) is 1. The van der Waals surface area contributed by atoms with Gasteiger partial charge in [0.2, 0.25) is 0 Å². The van der Waals surface area contributed by atoms with Crippen LogP contribution in [0, 0.1) is 11.6 Å². The first-order chi connectivity index (χ1) is 7.63. The second kappa shape index (κ2) is 6.12. The summed E-state index contributed by atoms with van der Waals surface area (Å²) in [5.41, 5.74) is 7.62. The van der Waals surface area contributed by atoms with E-state index in [-0.39, 0.29) is 18.4 Å². The van der Waals surface area contributed by atoms with Crippen LogP contribution in [0.3, 0.4) is 0 Å². The lowest BCUT2D eigenvalue weighted by Crippen LogP contribution is -2.23. The largest absolute Gasteiger partial charge is 0.328 e. The van der Waals surface area contributed by atoms with Gasteiger partial charge in [0.15, 0.2) is 0 Å². The lowest BCUT2D eigenvalue weighted by Gasteiger charge is -2.20. The van der Waals surface area contributed by atoms with E-state index in [9.17, 15) is 8.78 Å². The first-order valence-corrected chi connectivity index (χ1v) is 5.54. The summed E-state index contributed by atoms with van der Waals surface area (Å²) in [4.78, 5) is 0. The van der Waals surface area contributed by atoms with Gasteiger partial charge in [-0.25, -0.2) is 8.78 Å². The van der Waals surface area contributed by atoms with Crippen molar-refractivity contribution in [1.29, 1.82) is 0 Å². The number of allylic oxidation sites excluding steroid dienone is 1. The van der Waals surface area contributed by atoms with Gasteiger partial charge in [0.05, 0.1) is 0 Å². The Morgan fingerprint density at radius 2 is 1.59 bits per heavy atom. The molecule has 0 aliphatic heterocycles. The first kappa shape index (κ1) is 14.1. The molecule has 1 aliphatic carbocycles. The Kier molecular flexibility index (Phi) is 5.09. The van der Waals surface area contributed by atoms with E-state index in [1.54, 1.807) is 0 Å². The lowest BCUT2D eigenvalue weighted by molar-refractivity contribution is 0.514. The van der Waals surface area contributed by atoms with E-state index in [1.807, 2.05) is 6.08 Å². The highest BCUT2D eigenvalue weighted by Crippen LogP contribution is 2.24. The molecule has 2 rings (SSSR count). The Bertz CT molecular complexity index is 388. The summed E-state index contributed by atoms with van der Waals surface area (Å²) in [5, 5.41) is 0. The molecule has 0 unspecified atom stereocenters. The predicted molar refractivity (Wildman–Crippen MR) is 68.0 cm³/mol. The van der Waals surface area contributed by atoms with Crippen molar-refractivity contribution >= 4 is 18.5 Å². The predicted octanol–water partition coefficient (Wildman–Crippen LogP) is 3.67. The highest BCUT2D eigenvalue weighted by Gasteiger charge is 2.12. The third-order valence-electron chi connectivity index (χ3n) is 2.93. The van der Waals surface area contributed by atoms with E-state index in [0.717, 1.165) is 31.7 Å². The zero-order chi connectivity index (χ0) is 11.5. The number of benzene rings is 1. The second-order valence-corrected chi connectivity index (χ2v) is 4.34. The van der Waals surface area contributed by atoms with Gasteiger partial charge in [-0.1, -0.05) is 11.6 Å². The number of nitrogens with two attached hydrogens (primary N) is 1. The van der Waals surface area contributed by atoms with Crippen molar-refractivity contribution in [3.63, 3.8) is 0 Å². The highest BCUT2D eigenvalue weighted by atomic mass is 35.5. The topological polar surface area (TPSA) is 26.0 Å². The van der Waals surface area contributed by atoms with Gasteiger partial charge in [-0.2, -0.15) is 0 Å². The molecule has 2 N–H and O–H groups in total. The SMILES string of the molecule is Cl.NC1CCC(=Cc2cc(F)cc(F)c2)CC1. The quantitative estimate of drug-likeness (QED) is 0.818. The average molecular weight is 260 g/mol. The van der Waals surface area contributed by atoms with Crippen molar-refractivity contribution in [3.05, 3.63) is 41.0 Å². The van der Waals surface area contributed by atoms with Crippen LogP contribution in [-0.4, -0.2) is 6.04 Å². The number of halogens is 3. The summed E-state index contributed by atoms with van der Waals surface area (Å²) in [7, 11) is 0. The summed E-state index contributed by atoms with van der Waals surface area (Å²) >= 11 is 0. The fourth-order valence-corrected chi connectivity index (χ4v) is 2.05. The number of hydrogen-bond acceptors (Lipinski definition) is 1. The maximum atomic E-state index is 13.0. The van der Waals surface area contributed by atoms with Gasteiger partial charge in [0, 0.05) is 12.1 Å². The Morgan fingerprint density at radius 3 is 2.12 bits per heavy atom. The van der Waals surface area contributed by atoms with Gasteiger partial charge >= 0.3 is 0 Å². The second-order valence-electron chi connectivity index (χ2n) is 4.34. The van der Waals surface area contributed by atoms with Crippen LogP contribution in [0.4, 0.5) is 8.78 Å². The normalized spacial score (nSPS) is 19.7. The summed E-state index contributed by atoms with van der Waals surface area (Å²) in [6.45, 7) is 0. The fraction of sp³-hybridized carbons (Fsp3) is 0.385. The van der Waals surface area contributed by atoms with Gasteiger partial charge in [-0.3, -0.25) is 0 Å². The molecule has 0 spiro atoms. The molecule has 0 amide bonds. The molecular weight excluding hydrogens is 244 g/mol. The monoisotopic (exact) mass is 259 g/mol. The summed E-state index contributed by atoms with van der Waals surface area (Å²) in [5.74, 6) is -1.06. The fourth-order valence-electron chi connectivity index (χ4n) is 2.05. The van der Waals surface area contributed by atoms with Crippen molar-refractivity contribution in [2.75, 3.05) is 0 Å². The van der Waals surface area contributed by atoms with Crippen LogP contribution in [-0.2, 0) is 0 Å². The Labute approximate surface area is 106 Å². The van der Waals surface area contributed by atoms with Gasteiger partial charge in [-0.15, -0.1) is 12.4 Å². The average Bonchev–Trinajstić information content (AvgIpc) is 2.20. The van der Waals surface area contributed by atoms with Crippen LogP contribution < -0.4 is 5.73 Å². The Hall–Kier alpha value is -0.930. The third-order valence-corrected chi connectivity index (χ3v) is 2.93. The summed E-state index contributed by atoms with van der Waals surface area (Å²) in [6.07, 6.45) is 5.66. The van der Waals surface area contributed by atoms with E-state index < -0.39 is 11.6 Å². The molecule has 0 aromatic heterocycles. The molecule has 0 radical (unpaired) electrons. The number of rotatable bonds is 1. The smallest absolute Gasteiger partial charge is 0.126 e. The highest BCUT2D eigenvalue weighted by molar-refractivity contribution is 5.85. The molecule has 1 nitrogen and oxygen atoms in total. The first-order valence-electron chi connectivity index (χ1n) is 5.54. The van der Waals surface area contributed by atoms with E-state index in [0.29, 0.717) is 5.56 Å². The third kappa shape index (κ3) is 4.10. The lowest BCUT2D eigenvalue weighted by atomic mass is 9.90. The van der Waals surface area contributed by atoms with Gasteiger partial charge in [0.1, 0.15) is 11.6 Å². The minimum atomic E-state index is -0.528. The van der Waals surface area contributed by atoms with Crippen molar-refractivity contribution in [2.24, 2.45) is 5.73 Å². The molecule has 0 heterocycles. The molecule has 1 aromatic rings. The molecule has 1 fully saturated rings. The molecule has 0 bridgehead atoms. The van der Waals surface area contributed by atoms with Crippen molar-refractivity contribution < 1.29 is 8.78 Å². The molecule has 94 valence electrons. The van der Waals surface area contributed by atoms with Crippen molar-refractivity contribution in [2.45, 2.75) is 31.7 Å². The maximum absolute atomic E-state index is 13.0. The van der Waals surface area contributed by atoms with Crippen LogP contribution in [0.15, 0.2) is 23.8 Å². The van der Waals surface area contributed by atoms with Crippen molar-refractivity contribution in [3.8, 4) is 0 Å². The Balaban J connectivity index is 0.00000144. The minimum Gasteiger partial charge on any atom is -0.328 e. The van der Waals surface area contributed by atoms with E-state index >= 15 is 0 Å². The van der Waals surface area contributed by atoms with Crippen LogP contribution in [0.25, 0.3) is 6.08 Å². The van der Waals surface area contributed by atoms with Gasteiger partial charge in [-0.05, 0) is 43.4 Å². The molecule has 4 heteroatoms.